The summed E-state index contributed by atoms with van der Waals surface area (Å²) in [6.07, 6.45) is 2.43. The van der Waals surface area contributed by atoms with Crippen LogP contribution in [0.3, 0.4) is 0 Å². The average Bonchev–Trinajstić information content (AvgIpc) is 3.15. The molecular weight excluding hydrogens is 407 g/mol. The standard InChI is InChI=1S/C17H11FN2O2.C5H12N2.C3H8/c1-10-19-15-5-2-11(7-16(15)22-10)12-6-14-4-3-13(18)9-20(14)17(21)8-12;1-5-4-6-2-3-7-5;1-3-2/h2-9H,1H3;5-7H,2-4H2,1H3;3H2,1-2H3/t;5-;/m.0./s1. The van der Waals surface area contributed by atoms with E-state index in [1.165, 1.54) is 29.2 Å². The molecule has 6 nitrogen and oxygen atoms in total. The summed E-state index contributed by atoms with van der Waals surface area (Å²) in [5.74, 6) is 0.155. The highest BCUT2D eigenvalue weighted by Crippen LogP contribution is 2.25. The molecule has 1 aliphatic heterocycles. The molecule has 0 spiro atoms. The SMILES string of the molecule is CCC.C[C@H]1CNCCN1.Cc1nc2ccc(-c3cc(=O)n4cc(F)ccc4c3)cc2o1. The number of aromatic nitrogens is 2. The maximum absolute atomic E-state index is 13.2. The summed E-state index contributed by atoms with van der Waals surface area (Å²) in [4.78, 5) is 16.4. The third kappa shape index (κ3) is 6.02. The highest BCUT2D eigenvalue weighted by Gasteiger charge is 2.08. The Morgan fingerprint density at radius 3 is 2.56 bits per heavy atom. The lowest BCUT2D eigenvalue weighted by Crippen LogP contribution is -2.46. The first kappa shape index (κ1) is 23.6. The van der Waals surface area contributed by atoms with Gasteiger partial charge in [0, 0.05) is 50.4 Å². The summed E-state index contributed by atoms with van der Waals surface area (Å²) >= 11 is 0. The van der Waals surface area contributed by atoms with E-state index < -0.39 is 5.82 Å². The van der Waals surface area contributed by atoms with Gasteiger partial charge in [0.15, 0.2) is 11.5 Å². The Labute approximate surface area is 187 Å². The predicted octanol–water partition coefficient (Wildman–Crippen LogP) is 4.54. The number of nitrogens with one attached hydrogen (secondary N) is 2. The number of pyridine rings is 2. The van der Waals surface area contributed by atoms with E-state index >= 15 is 0 Å². The van der Waals surface area contributed by atoms with Crippen molar-refractivity contribution in [3.05, 3.63) is 70.7 Å². The van der Waals surface area contributed by atoms with Crippen LogP contribution in [-0.4, -0.2) is 35.1 Å². The normalized spacial score (nSPS) is 15.6. The summed E-state index contributed by atoms with van der Waals surface area (Å²) in [7, 11) is 0. The summed E-state index contributed by atoms with van der Waals surface area (Å²) in [6.45, 7) is 11.6. The second-order valence-electron chi connectivity index (χ2n) is 7.91. The van der Waals surface area contributed by atoms with Crippen LogP contribution in [0.15, 0.2) is 57.9 Å². The lowest BCUT2D eigenvalue weighted by Gasteiger charge is -2.19. The Balaban J connectivity index is 0.000000242. The first-order valence-electron chi connectivity index (χ1n) is 11.0. The van der Waals surface area contributed by atoms with Crippen LogP contribution in [0.5, 0.6) is 0 Å². The van der Waals surface area contributed by atoms with Gasteiger partial charge in [0.05, 0.1) is 0 Å². The van der Waals surface area contributed by atoms with Gasteiger partial charge in [-0.15, -0.1) is 0 Å². The van der Waals surface area contributed by atoms with Crippen LogP contribution in [0.4, 0.5) is 4.39 Å². The van der Waals surface area contributed by atoms with Crippen molar-refractivity contribution in [1.29, 1.82) is 0 Å². The molecule has 1 saturated heterocycles. The maximum atomic E-state index is 13.2. The highest BCUT2D eigenvalue weighted by atomic mass is 19.1. The van der Waals surface area contributed by atoms with Gasteiger partial charge in [-0.2, -0.15) is 0 Å². The molecule has 7 heteroatoms. The second kappa shape index (κ2) is 11.0. The van der Waals surface area contributed by atoms with E-state index in [9.17, 15) is 9.18 Å². The molecule has 1 aliphatic rings. The average molecular weight is 439 g/mol. The summed E-state index contributed by atoms with van der Waals surface area (Å²) in [6, 6.07) is 12.5. The van der Waals surface area contributed by atoms with Gasteiger partial charge < -0.3 is 15.1 Å². The first-order chi connectivity index (χ1) is 15.4. The highest BCUT2D eigenvalue weighted by molar-refractivity contribution is 5.81. The monoisotopic (exact) mass is 438 g/mol. The molecule has 4 heterocycles. The van der Waals surface area contributed by atoms with Gasteiger partial charge in [-0.1, -0.05) is 26.3 Å². The van der Waals surface area contributed by atoms with Gasteiger partial charge in [-0.05, 0) is 48.4 Å². The minimum atomic E-state index is -0.444. The molecule has 0 saturated carbocycles. The number of piperazine rings is 1. The number of rotatable bonds is 1. The fourth-order valence-electron chi connectivity index (χ4n) is 3.38. The van der Waals surface area contributed by atoms with Crippen molar-refractivity contribution in [3.63, 3.8) is 0 Å². The molecule has 1 fully saturated rings. The van der Waals surface area contributed by atoms with Crippen LogP contribution in [0.1, 0.15) is 33.1 Å². The van der Waals surface area contributed by atoms with Gasteiger partial charge in [0.1, 0.15) is 11.3 Å². The molecule has 0 radical (unpaired) electrons. The molecule has 4 aromatic rings. The third-order valence-electron chi connectivity index (χ3n) is 4.84. The zero-order valence-electron chi connectivity index (χ0n) is 19.1. The molecule has 5 rings (SSSR count). The fraction of sp³-hybridized carbons (Fsp3) is 0.360. The van der Waals surface area contributed by atoms with Gasteiger partial charge in [-0.25, -0.2) is 9.37 Å². The van der Waals surface area contributed by atoms with Crippen LogP contribution in [0, 0.1) is 12.7 Å². The number of aryl methyl sites for hydroxylation is 1. The Hall–Kier alpha value is -3.03. The number of hydrogen-bond donors (Lipinski definition) is 2. The fourth-order valence-corrected chi connectivity index (χ4v) is 3.38. The number of benzene rings is 1. The topological polar surface area (TPSA) is 71.6 Å². The largest absolute Gasteiger partial charge is 0.441 e. The quantitative estimate of drug-likeness (QED) is 0.457. The lowest BCUT2D eigenvalue weighted by atomic mass is 10.1. The first-order valence-corrected chi connectivity index (χ1v) is 11.0. The van der Waals surface area contributed by atoms with E-state index in [0.29, 0.717) is 23.0 Å². The molecule has 0 bridgehead atoms. The van der Waals surface area contributed by atoms with E-state index in [4.69, 9.17) is 4.42 Å². The zero-order chi connectivity index (χ0) is 23.1. The number of halogens is 1. The molecule has 1 atom stereocenters. The summed E-state index contributed by atoms with van der Waals surface area (Å²) in [5, 5.41) is 6.59. The van der Waals surface area contributed by atoms with Crippen LogP contribution in [0.25, 0.3) is 27.7 Å². The van der Waals surface area contributed by atoms with E-state index in [1.807, 2.05) is 24.3 Å². The van der Waals surface area contributed by atoms with E-state index in [-0.39, 0.29) is 5.56 Å². The summed E-state index contributed by atoms with van der Waals surface area (Å²) in [5.41, 5.74) is 3.42. The third-order valence-corrected chi connectivity index (χ3v) is 4.84. The Morgan fingerprint density at radius 1 is 1.12 bits per heavy atom. The van der Waals surface area contributed by atoms with Crippen LogP contribution < -0.4 is 16.2 Å². The Bertz CT molecular complexity index is 1230. The van der Waals surface area contributed by atoms with Gasteiger partial charge in [0.2, 0.25) is 0 Å². The number of fused-ring (bicyclic) bond motifs is 2. The number of hydrogen-bond acceptors (Lipinski definition) is 5. The van der Waals surface area contributed by atoms with Crippen LogP contribution in [0.2, 0.25) is 0 Å². The molecule has 170 valence electrons. The molecule has 3 aromatic heterocycles. The molecule has 32 heavy (non-hydrogen) atoms. The summed E-state index contributed by atoms with van der Waals surface area (Å²) < 4.78 is 20.0. The van der Waals surface area contributed by atoms with Crippen LogP contribution >= 0.6 is 0 Å². The lowest BCUT2D eigenvalue weighted by molar-refractivity contribution is 0.442. The minimum absolute atomic E-state index is 0.277. The van der Waals surface area contributed by atoms with Gasteiger partial charge >= 0.3 is 0 Å². The van der Waals surface area contributed by atoms with Crippen molar-refractivity contribution >= 4 is 16.6 Å². The van der Waals surface area contributed by atoms with Gasteiger partial charge in [0.25, 0.3) is 5.56 Å². The van der Waals surface area contributed by atoms with Gasteiger partial charge in [-0.3, -0.25) is 9.20 Å². The van der Waals surface area contributed by atoms with E-state index in [0.717, 1.165) is 36.3 Å². The number of oxazole rings is 1. The Morgan fingerprint density at radius 2 is 1.91 bits per heavy atom. The molecule has 0 unspecified atom stereocenters. The molecule has 0 aliphatic carbocycles. The van der Waals surface area contributed by atoms with Crippen LogP contribution in [-0.2, 0) is 0 Å². The van der Waals surface area contributed by atoms with Crippen molar-refractivity contribution in [2.45, 2.75) is 40.2 Å². The maximum Gasteiger partial charge on any atom is 0.255 e. The van der Waals surface area contributed by atoms with Crippen molar-refractivity contribution in [2.24, 2.45) is 0 Å². The Kier molecular flexibility index (Phi) is 8.14. The van der Waals surface area contributed by atoms with Crippen molar-refractivity contribution < 1.29 is 8.81 Å². The van der Waals surface area contributed by atoms with Crippen molar-refractivity contribution in [3.8, 4) is 11.1 Å². The molecular formula is C25H31FN4O2. The van der Waals surface area contributed by atoms with Crippen molar-refractivity contribution in [2.75, 3.05) is 19.6 Å². The second-order valence-corrected chi connectivity index (χ2v) is 7.91. The molecule has 0 amide bonds. The van der Waals surface area contributed by atoms with E-state index in [2.05, 4.69) is 36.4 Å². The smallest absolute Gasteiger partial charge is 0.255 e. The molecule has 2 N–H and O–H groups in total. The molecule has 1 aromatic carbocycles. The minimum Gasteiger partial charge on any atom is -0.441 e. The zero-order valence-corrected chi connectivity index (χ0v) is 19.1. The number of nitrogens with zero attached hydrogens (tertiary/aromatic N) is 2. The predicted molar refractivity (Wildman–Crippen MR) is 128 cm³/mol. The van der Waals surface area contributed by atoms with E-state index in [1.54, 1.807) is 13.0 Å². The van der Waals surface area contributed by atoms with Crippen molar-refractivity contribution in [1.82, 2.24) is 20.0 Å².